The molecule has 2 saturated heterocycles. The number of cyclic esters (lactones) is 1. The number of anilines is 1. The Morgan fingerprint density at radius 1 is 1.11 bits per heavy atom. The number of benzene rings is 1. The summed E-state index contributed by atoms with van der Waals surface area (Å²) in [5.41, 5.74) is 1.53. The van der Waals surface area contributed by atoms with Crippen LogP contribution in [-0.4, -0.2) is 71.8 Å². The van der Waals surface area contributed by atoms with Crippen LogP contribution in [0.1, 0.15) is 30.4 Å². The number of amides is 2. The van der Waals surface area contributed by atoms with Gasteiger partial charge in [-0.05, 0) is 50.3 Å². The van der Waals surface area contributed by atoms with Gasteiger partial charge in [-0.15, -0.1) is 0 Å². The van der Waals surface area contributed by atoms with Crippen LogP contribution in [0.3, 0.4) is 0 Å². The van der Waals surface area contributed by atoms with E-state index in [1.54, 1.807) is 9.80 Å². The number of aryl methyl sites for hydroxylation is 2. The standard InChI is InChI=1S/C27H32N2O6/c1-17-9-10-18(2)19(16-17)28-13-7-11-27-22(21-20(35-27)8-3-6-15-34-26(21)33)24(31)29(12-4-5-14-30)23(27)25(28)32/h3,7-11,16,20-23,30H,4-6,12-15H2,1-2H3/t20-,21+,22-,23?,27-/m0/s1. The SMILES string of the molecule is Cc1ccc(C)c(N2CC=C[C@]34O[C@H]5C=CCCOC(=O)[C@H]5[C@H]3C(=O)N(CCCCO)C4C2=O)c1. The van der Waals surface area contributed by atoms with Crippen molar-refractivity contribution in [1.82, 2.24) is 4.90 Å². The molecule has 1 N–H and O–H groups in total. The largest absolute Gasteiger partial charge is 0.465 e. The highest BCUT2D eigenvalue weighted by Gasteiger charge is 2.71. The Labute approximate surface area is 205 Å². The predicted octanol–water partition coefficient (Wildman–Crippen LogP) is 2.06. The van der Waals surface area contributed by atoms with E-state index < -0.39 is 35.6 Å². The van der Waals surface area contributed by atoms with E-state index in [4.69, 9.17) is 9.47 Å². The number of rotatable bonds is 5. The maximum Gasteiger partial charge on any atom is 0.312 e. The molecule has 35 heavy (non-hydrogen) atoms. The molecular weight excluding hydrogens is 448 g/mol. The summed E-state index contributed by atoms with van der Waals surface area (Å²) in [6.45, 7) is 4.84. The van der Waals surface area contributed by atoms with Gasteiger partial charge in [0, 0.05) is 25.4 Å². The number of unbranched alkanes of at least 4 members (excludes halogenated alkanes) is 1. The van der Waals surface area contributed by atoms with Crippen molar-refractivity contribution in [2.45, 2.75) is 50.9 Å². The lowest BCUT2D eigenvalue weighted by molar-refractivity contribution is -0.154. The van der Waals surface area contributed by atoms with E-state index >= 15 is 0 Å². The highest BCUT2D eigenvalue weighted by atomic mass is 16.6. The summed E-state index contributed by atoms with van der Waals surface area (Å²) < 4.78 is 12.0. The van der Waals surface area contributed by atoms with Crippen LogP contribution in [0.25, 0.3) is 0 Å². The molecule has 4 heterocycles. The Morgan fingerprint density at radius 2 is 1.94 bits per heavy atom. The average molecular weight is 481 g/mol. The Hall–Kier alpha value is -2.97. The number of nitrogens with zero attached hydrogens (tertiary/aromatic N) is 2. The summed E-state index contributed by atoms with van der Waals surface area (Å²) in [5.74, 6) is -2.61. The lowest BCUT2D eigenvalue weighted by Crippen LogP contribution is -2.55. The molecule has 0 saturated carbocycles. The smallest absolute Gasteiger partial charge is 0.312 e. The Morgan fingerprint density at radius 3 is 2.74 bits per heavy atom. The summed E-state index contributed by atoms with van der Waals surface area (Å²) in [5, 5.41) is 9.31. The first kappa shape index (κ1) is 23.8. The number of hydrogen-bond acceptors (Lipinski definition) is 6. The number of carbonyl (C=O) groups is 3. The molecule has 0 radical (unpaired) electrons. The van der Waals surface area contributed by atoms with Crippen molar-refractivity contribution in [1.29, 1.82) is 0 Å². The van der Waals surface area contributed by atoms with Crippen LogP contribution in [-0.2, 0) is 23.9 Å². The number of esters is 1. The second-order valence-corrected chi connectivity index (χ2v) is 9.83. The van der Waals surface area contributed by atoms with Crippen molar-refractivity contribution in [3.63, 3.8) is 0 Å². The van der Waals surface area contributed by atoms with E-state index in [-0.39, 0.29) is 25.0 Å². The van der Waals surface area contributed by atoms with Gasteiger partial charge >= 0.3 is 5.97 Å². The summed E-state index contributed by atoms with van der Waals surface area (Å²) in [6, 6.07) is 5.06. The molecule has 0 aromatic heterocycles. The molecule has 2 amide bonds. The maximum atomic E-state index is 14.3. The summed E-state index contributed by atoms with van der Waals surface area (Å²) in [7, 11) is 0. The normalized spacial score (nSPS) is 32.0. The fraction of sp³-hybridized carbons (Fsp3) is 0.519. The fourth-order valence-electron chi connectivity index (χ4n) is 5.97. The quantitative estimate of drug-likeness (QED) is 0.394. The zero-order valence-electron chi connectivity index (χ0n) is 20.2. The van der Waals surface area contributed by atoms with Crippen molar-refractivity contribution in [3.05, 3.63) is 53.6 Å². The van der Waals surface area contributed by atoms with Crippen LogP contribution in [0.5, 0.6) is 0 Å². The number of aliphatic hydroxyl groups is 1. The summed E-state index contributed by atoms with van der Waals surface area (Å²) in [4.78, 5) is 44.5. The van der Waals surface area contributed by atoms with Crippen LogP contribution in [0.2, 0.25) is 0 Å². The average Bonchev–Trinajstić information content (AvgIpc) is 3.19. The molecule has 186 valence electrons. The first-order valence-electron chi connectivity index (χ1n) is 12.4. The Kier molecular flexibility index (Phi) is 6.27. The van der Waals surface area contributed by atoms with E-state index in [2.05, 4.69) is 0 Å². The zero-order chi connectivity index (χ0) is 24.7. The van der Waals surface area contributed by atoms with Crippen molar-refractivity contribution >= 4 is 23.5 Å². The molecule has 0 aliphatic carbocycles. The molecule has 5 atom stereocenters. The summed E-state index contributed by atoms with van der Waals surface area (Å²) in [6.07, 6.45) is 8.46. The van der Waals surface area contributed by atoms with Crippen LogP contribution >= 0.6 is 0 Å². The van der Waals surface area contributed by atoms with Crippen molar-refractivity contribution < 1.29 is 29.0 Å². The molecule has 1 spiro atoms. The van der Waals surface area contributed by atoms with Gasteiger partial charge in [-0.25, -0.2) is 0 Å². The highest BCUT2D eigenvalue weighted by molar-refractivity contribution is 6.05. The molecule has 8 nitrogen and oxygen atoms in total. The monoisotopic (exact) mass is 480 g/mol. The second-order valence-electron chi connectivity index (χ2n) is 9.83. The van der Waals surface area contributed by atoms with Gasteiger partial charge in [-0.3, -0.25) is 14.4 Å². The maximum absolute atomic E-state index is 14.3. The van der Waals surface area contributed by atoms with Gasteiger partial charge in [-0.2, -0.15) is 0 Å². The number of likely N-dealkylation sites (tertiary alicyclic amines) is 1. The molecule has 1 aromatic rings. The van der Waals surface area contributed by atoms with E-state index in [9.17, 15) is 19.5 Å². The summed E-state index contributed by atoms with van der Waals surface area (Å²) >= 11 is 0. The van der Waals surface area contributed by atoms with Gasteiger partial charge < -0.3 is 24.4 Å². The molecule has 1 aromatic carbocycles. The predicted molar refractivity (Wildman–Crippen MR) is 129 cm³/mol. The third-order valence-electron chi connectivity index (χ3n) is 7.58. The number of carbonyl (C=O) groups excluding carboxylic acids is 3. The molecule has 4 aliphatic rings. The minimum Gasteiger partial charge on any atom is -0.465 e. The van der Waals surface area contributed by atoms with Gasteiger partial charge in [0.25, 0.3) is 5.91 Å². The van der Waals surface area contributed by atoms with Crippen LogP contribution in [0.15, 0.2) is 42.5 Å². The van der Waals surface area contributed by atoms with Gasteiger partial charge in [0.2, 0.25) is 5.91 Å². The van der Waals surface area contributed by atoms with Gasteiger partial charge in [-0.1, -0.05) is 36.4 Å². The molecule has 5 rings (SSSR count). The minimum absolute atomic E-state index is 0.00203. The van der Waals surface area contributed by atoms with Gasteiger partial charge in [0.1, 0.15) is 17.6 Å². The van der Waals surface area contributed by atoms with Crippen LogP contribution < -0.4 is 4.90 Å². The molecule has 8 heteroatoms. The van der Waals surface area contributed by atoms with E-state index in [1.807, 2.05) is 56.4 Å². The Bertz CT molecular complexity index is 1100. The third-order valence-corrected chi connectivity index (χ3v) is 7.58. The fourth-order valence-corrected chi connectivity index (χ4v) is 5.97. The van der Waals surface area contributed by atoms with Gasteiger partial charge in [0.15, 0.2) is 0 Å². The number of ether oxygens (including phenoxy) is 2. The molecule has 4 aliphatic heterocycles. The topological polar surface area (TPSA) is 96.4 Å². The first-order valence-corrected chi connectivity index (χ1v) is 12.4. The van der Waals surface area contributed by atoms with Crippen molar-refractivity contribution in [2.75, 3.05) is 31.2 Å². The minimum atomic E-state index is -1.26. The van der Waals surface area contributed by atoms with E-state index in [0.717, 1.165) is 16.8 Å². The lowest BCUT2D eigenvalue weighted by Gasteiger charge is -2.35. The van der Waals surface area contributed by atoms with Gasteiger partial charge in [0.05, 0.1) is 18.6 Å². The number of hydrogen-bond donors (Lipinski definition) is 1. The number of fused-ring (bicyclic) bond motifs is 2. The first-order chi connectivity index (χ1) is 16.9. The molecule has 0 bridgehead atoms. The van der Waals surface area contributed by atoms with E-state index in [1.165, 1.54) is 0 Å². The van der Waals surface area contributed by atoms with Crippen molar-refractivity contribution in [2.24, 2.45) is 11.8 Å². The van der Waals surface area contributed by atoms with Crippen molar-refractivity contribution in [3.8, 4) is 0 Å². The zero-order valence-corrected chi connectivity index (χ0v) is 20.2. The van der Waals surface area contributed by atoms with Crippen LogP contribution in [0.4, 0.5) is 5.69 Å². The molecule has 1 unspecified atom stereocenters. The lowest BCUT2D eigenvalue weighted by atomic mass is 9.77. The molecular formula is C27H32N2O6. The third kappa shape index (κ3) is 3.79. The van der Waals surface area contributed by atoms with Crippen LogP contribution in [0, 0.1) is 25.7 Å². The highest BCUT2D eigenvalue weighted by Crippen LogP contribution is 2.53. The van der Waals surface area contributed by atoms with E-state index in [0.29, 0.717) is 32.4 Å². The Balaban J connectivity index is 1.61. The number of aliphatic hydroxyl groups excluding tert-OH is 1. The molecule has 2 fully saturated rings. The second kappa shape index (κ2) is 9.24.